The summed E-state index contributed by atoms with van der Waals surface area (Å²) in [6.07, 6.45) is 1.08. The zero-order valence-corrected chi connectivity index (χ0v) is 8.41. The minimum absolute atomic E-state index is 0.0977. The van der Waals surface area contributed by atoms with Crippen molar-refractivity contribution in [3.8, 4) is 0 Å². The van der Waals surface area contributed by atoms with Gasteiger partial charge in [0.25, 0.3) is 0 Å². The molecule has 1 fully saturated rings. The fourth-order valence-corrected chi connectivity index (χ4v) is 2.62. The molecule has 1 aliphatic heterocycles. The van der Waals surface area contributed by atoms with Gasteiger partial charge in [-0.1, -0.05) is 0 Å². The Hall–Kier alpha value is -0.610. The Morgan fingerprint density at radius 3 is 2.93 bits per heavy atom. The average Bonchev–Trinajstić information content (AvgIpc) is 2.23. The molecule has 1 saturated heterocycles. The van der Waals surface area contributed by atoms with Crippen molar-refractivity contribution in [2.24, 2.45) is 0 Å². The van der Waals surface area contributed by atoms with Crippen molar-refractivity contribution in [1.29, 1.82) is 0 Å². The molecule has 1 aromatic rings. The van der Waals surface area contributed by atoms with E-state index >= 15 is 0 Å². The summed E-state index contributed by atoms with van der Waals surface area (Å²) in [6, 6.07) is 3.60. The second-order valence-corrected chi connectivity index (χ2v) is 4.44. The molecule has 0 amide bonds. The molecular formula is C10H11F2NS. The van der Waals surface area contributed by atoms with Crippen LogP contribution in [0.15, 0.2) is 18.2 Å². The minimum Gasteiger partial charge on any atom is -0.302 e. The third-order valence-corrected chi connectivity index (χ3v) is 3.45. The summed E-state index contributed by atoms with van der Waals surface area (Å²) in [4.78, 5) is 0. The standard InChI is InChI=1S/C10H11F2NS/c11-7-2-3-9(12)8(6-7)10-13-4-1-5-14-10/h2-3,6,10,13H,1,4-5H2. The monoisotopic (exact) mass is 215 g/mol. The predicted octanol–water partition coefficient (Wildman–Crippen LogP) is 2.69. The Morgan fingerprint density at radius 2 is 2.21 bits per heavy atom. The fraction of sp³-hybridized carbons (Fsp3) is 0.400. The average molecular weight is 215 g/mol. The molecule has 14 heavy (non-hydrogen) atoms. The van der Waals surface area contributed by atoms with E-state index in [1.165, 1.54) is 12.1 Å². The molecule has 2 rings (SSSR count). The largest absolute Gasteiger partial charge is 0.302 e. The lowest BCUT2D eigenvalue weighted by molar-refractivity contribution is 0.558. The van der Waals surface area contributed by atoms with Crippen molar-refractivity contribution in [2.75, 3.05) is 12.3 Å². The van der Waals surface area contributed by atoms with Gasteiger partial charge in [-0.15, -0.1) is 11.8 Å². The van der Waals surface area contributed by atoms with E-state index in [9.17, 15) is 8.78 Å². The first-order valence-corrected chi connectivity index (χ1v) is 5.62. The van der Waals surface area contributed by atoms with Gasteiger partial charge in [-0.2, -0.15) is 0 Å². The molecule has 1 nitrogen and oxygen atoms in total. The van der Waals surface area contributed by atoms with E-state index in [2.05, 4.69) is 5.32 Å². The molecule has 4 heteroatoms. The molecule has 1 atom stereocenters. The zero-order chi connectivity index (χ0) is 9.97. The lowest BCUT2D eigenvalue weighted by Gasteiger charge is -2.23. The van der Waals surface area contributed by atoms with Crippen LogP contribution in [-0.2, 0) is 0 Å². The van der Waals surface area contributed by atoms with Gasteiger partial charge < -0.3 is 5.32 Å². The Kier molecular flexibility index (Phi) is 3.03. The second-order valence-electron chi connectivity index (χ2n) is 3.22. The molecule has 0 aromatic heterocycles. The summed E-state index contributed by atoms with van der Waals surface area (Å²) >= 11 is 1.62. The number of hydrogen-bond acceptors (Lipinski definition) is 2. The van der Waals surface area contributed by atoms with Crippen molar-refractivity contribution in [3.05, 3.63) is 35.4 Å². The van der Waals surface area contributed by atoms with Crippen LogP contribution in [-0.4, -0.2) is 12.3 Å². The Balaban J connectivity index is 2.24. The number of hydrogen-bond donors (Lipinski definition) is 1. The predicted molar refractivity (Wildman–Crippen MR) is 54.2 cm³/mol. The first-order chi connectivity index (χ1) is 6.77. The maximum Gasteiger partial charge on any atom is 0.129 e. The van der Waals surface area contributed by atoms with Gasteiger partial charge in [0.2, 0.25) is 0 Å². The van der Waals surface area contributed by atoms with E-state index < -0.39 is 0 Å². The lowest BCUT2D eigenvalue weighted by atomic mass is 10.2. The van der Waals surface area contributed by atoms with Gasteiger partial charge >= 0.3 is 0 Å². The third kappa shape index (κ3) is 2.07. The van der Waals surface area contributed by atoms with Crippen LogP contribution in [0.5, 0.6) is 0 Å². The van der Waals surface area contributed by atoms with E-state index in [-0.39, 0.29) is 17.0 Å². The fourth-order valence-electron chi connectivity index (χ4n) is 1.48. The number of rotatable bonds is 1. The SMILES string of the molecule is Fc1ccc(F)c(C2NCCCS2)c1. The molecule has 0 bridgehead atoms. The Labute approximate surface area is 85.9 Å². The van der Waals surface area contributed by atoms with Gasteiger partial charge in [0.1, 0.15) is 11.6 Å². The van der Waals surface area contributed by atoms with Crippen molar-refractivity contribution in [2.45, 2.75) is 11.8 Å². The molecule has 1 heterocycles. The first kappa shape index (κ1) is 9.93. The number of benzene rings is 1. The van der Waals surface area contributed by atoms with Crippen LogP contribution in [0.1, 0.15) is 17.4 Å². The van der Waals surface area contributed by atoms with E-state index in [0.717, 1.165) is 24.8 Å². The molecule has 0 saturated carbocycles. The van der Waals surface area contributed by atoms with Crippen LogP contribution in [0.2, 0.25) is 0 Å². The summed E-state index contributed by atoms with van der Waals surface area (Å²) < 4.78 is 26.2. The second kappa shape index (κ2) is 4.28. The highest BCUT2D eigenvalue weighted by Crippen LogP contribution is 2.31. The highest BCUT2D eigenvalue weighted by Gasteiger charge is 2.18. The van der Waals surface area contributed by atoms with Crippen LogP contribution in [0.25, 0.3) is 0 Å². The maximum atomic E-state index is 13.3. The molecular weight excluding hydrogens is 204 g/mol. The molecule has 76 valence electrons. The van der Waals surface area contributed by atoms with Gasteiger partial charge in [0, 0.05) is 5.56 Å². The third-order valence-electron chi connectivity index (χ3n) is 2.18. The lowest BCUT2D eigenvalue weighted by Crippen LogP contribution is -2.26. The molecule has 1 aliphatic rings. The van der Waals surface area contributed by atoms with Gasteiger partial charge in [-0.05, 0) is 36.9 Å². The zero-order valence-electron chi connectivity index (χ0n) is 7.59. The van der Waals surface area contributed by atoms with Crippen LogP contribution >= 0.6 is 11.8 Å². The molecule has 0 spiro atoms. The van der Waals surface area contributed by atoms with E-state index in [1.54, 1.807) is 11.8 Å². The van der Waals surface area contributed by atoms with Gasteiger partial charge in [-0.3, -0.25) is 0 Å². The van der Waals surface area contributed by atoms with Gasteiger partial charge in [0.15, 0.2) is 0 Å². The van der Waals surface area contributed by atoms with Crippen LogP contribution in [0.3, 0.4) is 0 Å². The maximum absolute atomic E-state index is 13.3. The number of thioether (sulfide) groups is 1. The van der Waals surface area contributed by atoms with Crippen LogP contribution < -0.4 is 5.32 Å². The first-order valence-electron chi connectivity index (χ1n) is 4.57. The van der Waals surface area contributed by atoms with Crippen molar-refractivity contribution >= 4 is 11.8 Å². The molecule has 0 radical (unpaired) electrons. The van der Waals surface area contributed by atoms with Crippen molar-refractivity contribution < 1.29 is 8.78 Å². The summed E-state index contributed by atoms with van der Waals surface area (Å²) in [6.45, 7) is 0.869. The molecule has 1 aromatic carbocycles. The summed E-state index contributed by atoms with van der Waals surface area (Å²) in [5.74, 6) is 0.279. The normalized spacial score (nSPS) is 22.3. The van der Waals surface area contributed by atoms with Gasteiger partial charge in [-0.25, -0.2) is 8.78 Å². The summed E-state index contributed by atoms with van der Waals surface area (Å²) in [5, 5.41) is 3.06. The summed E-state index contributed by atoms with van der Waals surface area (Å²) in [5.41, 5.74) is 0.426. The van der Waals surface area contributed by atoms with Crippen LogP contribution in [0.4, 0.5) is 8.78 Å². The minimum atomic E-state index is -0.380. The Morgan fingerprint density at radius 1 is 1.36 bits per heavy atom. The highest BCUT2D eigenvalue weighted by atomic mass is 32.2. The Bertz CT molecular complexity index is 324. The topological polar surface area (TPSA) is 12.0 Å². The van der Waals surface area contributed by atoms with Crippen LogP contribution in [0, 0.1) is 11.6 Å². The van der Waals surface area contributed by atoms with E-state index in [0.29, 0.717) is 5.56 Å². The van der Waals surface area contributed by atoms with Crippen molar-refractivity contribution in [3.63, 3.8) is 0 Å². The van der Waals surface area contributed by atoms with Gasteiger partial charge in [0.05, 0.1) is 5.37 Å². The smallest absolute Gasteiger partial charge is 0.129 e. The van der Waals surface area contributed by atoms with E-state index in [1.807, 2.05) is 0 Å². The summed E-state index contributed by atoms with van der Waals surface area (Å²) in [7, 11) is 0. The highest BCUT2D eigenvalue weighted by molar-refractivity contribution is 7.99. The molecule has 1 unspecified atom stereocenters. The quantitative estimate of drug-likeness (QED) is 0.773. The number of nitrogens with one attached hydrogen (secondary N) is 1. The number of halogens is 2. The van der Waals surface area contributed by atoms with Crippen molar-refractivity contribution in [1.82, 2.24) is 5.32 Å². The van der Waals surface area contributed by atoms with E-state index in [4.69, 9.17) is 0 Å². The molecule has 1 N–H and O–H groups in total. The molecule has 0 aliphatic carbocycles.